The van der Waals surface area contributed by atoms with E-state index in [1.165, 1.54) is 4.90 Å². The van der Waals surface area contributed by atoms with Crippen molar-refractivity contribution in [1.29, 1.82) is 0 Å². The average molecular weight is 615 g/mol. The van der Waals surface area contributed by atoms with Crippen LogP contribution in [0.2, 0.25) is 0 Å². The highest BCUT2D eigenvalue weighted by molar-refractivity contribution is 9.10. The Labute approximate surface area is 240 Å². The highest BCUT2D eigenvalue weighted by atomic mass is 79.9. The number of carbonyl (C=O) groups excluding carboxylic acids is 2. The van der Waals surface area contributed by atoms with Crippen molar-refractivity contribution in [3.8, 4) is 0 Å². The Morgan fingerprint density at radius 3 is 2.00 bits per heavy atom. The van der Waals surface area contributed by atoms with Crippen LogP contribution in [-0.2, 0) is 32.6 Å². The lowest BCUT2D eigenvalue weighted by Gasteiger charge is -2.35. The van der Waals surface area contributed by atoms with Crippen LogP contribution in [0.3, 0.4) is 0 Å². The molecule has 0 aliphatic rings. The van der Waals surface area contributed by atoms with Gasteiger partial charge in [0.25, 0.3) is 0 Å². The summed E-state index contributed by atoms with van der Waals surface area (Å²) in [7, 11) is -3.81. The number of hydrogen-bond donors (Lipinski definition) is 1. The van der Waals surface area contributed by atoms with E-state index >= 15 is 0 Å². The molecular formula is C30H36BrN3O4S. The van der Waals surface area contributed by atoms with Gasteiger partial charge in [0.15, 0.2) is 0 Å². The summed E-state index contributed by atoms with van der Waals surface area (Å²) in [5.41, 5.74) is 2.41. The second-order valence-electron chi connectivity index (χ2n) is 10.7. The number of nitrogens with one attached hydrogen (secondary N) is 1. The molecule has 0 radical (unpaired) electrons. The molecule has 9 heteroatoms. The van der Waals surface area contributed by atoms with Gasteiger partial charge < -0.3 is 10.2 Å². The fourth-order valence-electron chi connectivity index (χ4n) is 4.18. The minimum atomic E-state index is -3.81. The highest BCUT2D eigenvalue weighted by Gasteiger charge is 2.34. The standard InChI is InChI=1S/C30H36BrN3O4S/c1-22-18-25(16-17-26(22)31)34(39(5,37)38)21-28(35)33(20-24-14-10-7-11-15-24)27(29(36)32-30(2,3)4)19-23-12-8-6-9-13-23/h6-18,27H,19-21H2,1-5H3,(H,32,36)/t27-/m1/s1. The summed E-state index contributed by atoms with van der Waals surface area (Å²) in [5.74, 6) is -0.782. The zero-order valence-electron chi connectivity index (χ0n) is 23.0. The van der Waals surface area contributed by atoms with Crippen molar-refractivity contribution in [2.45, 2.75) is 52.2 Å². The minimum absolute atomic E-state index is 0.145. The van der Waals surface area contributed by atoms with E-state index in [1.54, 1.807) is 18.2 Å². The normalized spacial score (nSPS) is 12.5. The number of aryl methyl sites for hydroxylation is 1. The van der Waals surface area contributed by atoms with Gasteiger partial charge in [-0.2, -0.15) is 0 Å². The SMILES string of the molecule is Cc1cc(N(CC(=O)N(Cc2ccccc2)[C@H](Cc2ccccc2)C(=O)NC(C)(C)C)S(C)(=O)=O)ccc1Br. The molecule has 3 aromatic rings. The largest absolute Gasteiger partial charge is 0.350 e. The van der Waals surface area contributed by atoms with Crippen LogP contribution >= 0.6 is 15.9 Å². The van der Waals surface area contributed by atoms with Crippen LogP contribution < -0.4 is 9.62 Å². The number of anilines is 1. The van der Waals surface area contributed by atoms with Crippen molar-refractivity contribution in [2.75, 3.05) is 17.1 Å². The van der Waals surface area contributed by atoms with E-state index in [0.717, 1.165) is 31.7 Å². The fraction of sp³-hybridized carbons (Fsp3) is 0.333. The van der Waals surface area contributed by atoms with Gasteiger partial charge in [-0.25, -0.2) is 8.42 Å². The van der Waals surface area contributed by atoms with Crippen molar-refractivity contribution >= 4 is 43.5 Å². The molecule has 0 saturated heterocycles. The van der Waals surface area contributed by atoms with E-state index < -0.39 is 34.1 Å². The Bertz CT molecular complexity index is 1390. The number of carbonyl (C=O) groups is 2. The molecule has 3 rings (SSSR count). The van der Waals surface area contributed by atoms with E-state index in [2.05, 4.69) is 21.2 Å². The zero-order chi connectivity index (χ0) is 28.8. The van der Waals surface area contributed by atoms with Gasteiger partial charge in [-0.1, -0.05) is 76.6 Å². The number of sulfonamides is 1. The van der Waals surface area contributed by atoms with Crippen molar-refractivity contribution in [3.63, 3.8) is 0 Å². The van der Waals surface area contributed by atoms with Crippen LogP contribution in [-0.4, -0.2) is 49.5 Å². The van der Waals surface area contributed by atoms with E-state index in [1.807, 2.05) is 88.4 Å². The van der Waals surface area contributed by atoms with Gasteiger partial charge in [0, 0.05) is 23.0 Å². The summed E-state index contributed by atoms with van der Waals surface area (Å²) in [6.45, 7) is 7.20. The number of rotatable bonds is 10. The Morgan fingerprint density at radius 1 is 0.923 bits per heavy atom. The molecule has 0 aromatic heterocycles. The van der Waals surface area contributed by atoms with Gasteiger partial charge in [0.1, 0.15) is 12.6 Å². The van der Waals surface area contributed by atoms with Crippen LogP contribution in [0.4, 0.5) is 5.69 Å². The maximum Gasteiger partial charge on any atom is 0.244 e. The van der Waals surface area contributed by atoms with Gasteiger partial charge in [-0.15, -0.1) is 0 Å². The van der Waals surface area contributed by atoms with Crippen molar-refractivity contribution in [1.82, 2.24) is 10.2 Å². The molecular weight excluding hydrogens is 578 g/mol. The van der Waals surface area contributed by atoms with Gasteiger partial charge in [0.2, 0.25) is 21.8 Å². The first-order valence-corrected chi connectivity index (χ1v) is 15.3. The van der Waals surface area contributed by atoms with E-state index in [9.17, 15) is 18.0 Å². The van der Waals surface area contributed by atoms with E-state index in [-0.39, 0.29) is 18.9 Å². The third kappa shape index (κ3) is 8.93. The van der Waals surface area contributed by atoms with Crippen LogP contribution in [0.15, 0.2) is 83.3 Å². The van der Waals surface area contributed by atoms with Gasteiger partial charge >= 0.3 is 0 Å². The molecule has 0 fully saturated rings. The molecule has 0 heterocycles. The van der Waals surface area contributed by atoms with E-state index in [0.29, 0.717) is 5.69 Å². The van der Waals surface area contributed by atoms with Crippen molar-refractivity contribution in [2.24, 2.45) is 0 Å². The third-order valence-electron chi connectivity index (χ3n) is 6.07. The molecule has 0 unspecified atom stereocenters. The lowest BCUT2D eigenvalue weighted by Crippen LogP contribution is -2.56. The summed E-state index contributed by atoms with van der Waals surface area (Å²) in [6.07, 6.45) is 1.35. The van der Waals surface area contributed by atoms with E-state index in [4.69, 9.17) is 0 Å². The number of hydrogen-bond acceptors (Lipinski definition) is 4. The molecule has 0 spiro atoms. The topological polar surface area (TPSA) is 86.8 Å². The molecule has 0 aliphatic heterocycles. The van der Waals surface area contributed by atoms with Crippen LogP contribution in [0.5, 0.6) is 0 Å². The Morgan fingerprint density at radius 2 is 1.49 bits per heavy atom. The molecule has 3 aromatic carbocycles. The molecule has 1 atom stereocenters. The second kappa shape index (κ2) is 12.8. The second-order valence-corrected chi connectivity index (χ2v) is 13.4. The lowest BCUT2D eigenvalue weighted by molar-refractivity contribution is -0.140. The molecule has 0 saturated carbocycles. The Balaban J connectivity index is 2.06. The smallest absolute Gasteiger partial charge is 0.244 e. The Kier molecular flexibility index (Phi) is 9.96. The Hall–Kier alpha value is -3.17. The minimum Gasteiger partial charge on any atom is -0.350 e. The maximum atomic E-state index is 14.1. The number of amides is 2. The quantitative estimate of drug-likeness (QED) is 0.345. The molecule has 1 N–H and O–H groups in total. The number of nitrogens with zero attached hydrogens (tertiary/aromatic N) is 2. The van der Waals surface area contributed by atoms with Gasteiger partial charge in [-0.3, -0.25) is 13.9 Å². The molecule has 2 amide bonds. The van der Waals surface area contributed by atoms with Crippen LogP contribution in [0.1, 0.15) is 37.5 Å². The molecule has 208 valence electrons. The van der Waals surface area contributed by atoms with Crippen molar-refractivity contribution < 1.29 is 18.0 Å². The molecule has 7 nitrogen and oxygen atoms in total. The summed E-state index contributed by atoms with van der Waals surface area (Å²) >= 11 is 3.44. The third-order valence-corrected chi connectivity index (χ3v) is 8.10. The molecule has 0 bridgehead atoms. The highest BCUT2D eigenvalue weighted by Crippen LogP contribution is 2.25. The first-order chi connectivity index (χ1) is 18.2. The van der Waals surface area contributed by atoms with Crippen LogP contribution in [0.25, 0.3) is 0 Å². The predicted molar refractivity (Wildman–Crippen MR) is 160 cm³/mol. The fourth-order valence-corrected chi connectivity index (χ4v) is 5.27. The summed E-state index contributed by atoms with van der Waals surface area (Å²) < 4.78 is 27.7. The summed E-state index contributed by atoms with van der Waals surface area (Å²) in [6, 6.07) is 23.1. The predicted octanol–water partition coefficient (Wildman–Crippen LogP) is 5.08. The number of halogens is 1. The molecule has 0 aliphatic carbocycles. The van der Waals surface area contributed by atoms with Gasteiger partial charge in [-0.05, 0) is 62.6 Å². The number of benzene rings is 3. The van der Waals surface area contributed by atoms with Crippen LogP contribution in [0, 0.1) is 6.92 Å². The maximum absolute atomic E-state index is 14.1. The zero-order valence-corrected chi connectivity index (χ0v) is 25.4. The van der Waals surface area contributed by atoms with Crippen molar-refractivity contribution in [3.05, 3.63) is 100 Å². The lowest BCUT2D eigenvalue weighted by atomic mass is 10.0. The van der Waals surface area contributed by atoms with Gasteiger partial charge in [0.05, 0.1) is 11.9 Å². The summed E-state index contributed by atoms with van der Waals surface area (Å²) in [4.78, 5) is 29.2. The first-order valence-electron chi connectivity index (χ1n) is 12.7. The average Bonchev–Trinajstić information content (AvgIpc) is 2.86. The summed E-state index contributed by atoms with van der Waals surface area (Å²) in [5, 5.41) is 3.02. The molecule has 39 heavy (non-hydrogen) atoms. The monoisotopic (exact) mass is 613 g/mol. The first kappa shape index (κ1) is 30.4.